The van der Waals surface area contributed by atoms with Crippen molar-refractivity contribution in [3.63, 3.8) is 0 Å². The highest BCUT2D eigenvalue weighted by Gasteiger charge is 2.30. The molecule has 0 bridgehead atoms. The van der Waals surface area contributed by atoms with E-state index in [1.165, 1.54) is 6.07 Å². The van der Waals surface area contributed by atoms with Crippen LogP contribution in [0.2, 0.25) is 0 Å². The van der Waals surface area contributed by atoms with E-state index in [1.807, 2.05) is 0 Å². The Morgan fingerprint density at radius 1 is 1.32 bits per heavy atom. The van der Waals surface area contributed by atoms with Crippen molar-refractivity contribution in [1.82, 2.24) is 4.90 Å². The van der Waals surface area contributed by atoms with Crippen LogP contribution in [0, 0.1) is 11.6 Å². The zero-order valence-corrected chi connectivity index (χ0v) is 11.3. The number of hydrogen-bond donors (Lipinski definition) is 0. The summed E-state index contributed by atoms with van der Waals surface area (Å²) in [6, 6.07) is 3.46. The van der Waals surface area contributed by atoms with Gasteiger partial charge in [-0.05, 0) is 37.8 Å². The molecule has 1 aliphatic rings. The predicted octanol–water partition coefficient (Wildman–Crippen LogP) is 3.59. The highest BCUT2D eigenvalue weighted by atomic mass is 35.5. The number of hydrogen-bond acceptors (Lipinski definition) is 1. The number of rotatable bonds is 3. The zero-order valence-electron chi connectivity index (χ0n) is 10.5. The summed E-state index contributed by atoms with van der Waals surface area (Å²) in [6.07, 6.45) is 3.38. The average molecular weight is 288 g/mol. The summed E-state index contributed by atoms with van der Waals surface area (Å²) in [4.78, 5) is 13.9. The Balaban J connectivity index is 2.26. The van der Waals surface area contributed by atoms with E-state index in [0.717, 1.165) is 31.4 Å². The average Bonchev–Trinajstić information content (AvgIpc) is 2.39. The molecule has 104 valence electrons. The van der Waals surface area contributed by atoms with Gasteiger partial charge in [0.1, 0.15) is 17.2 Å². The van der Waals surface area contributed by atoms with Gasteiger partial charge in [0.2, 0.25) is 0 Å². The van der Waals surface area contributed by atoms with Crippen molar-refractivity contribution in [2.45, 2.75) is 31.7 Å². The largest absolute Gasteiger partial charge is 0.335 e. The van der Waals surface area contributed by atoms with Gasteiger partial charge in [-0.2, -0.15) is 0 Å². The molecule has 1 amide bonds. The minimum Gasteiger partial charge on any atom is -0.335 e. The van der Waals surface area contributed by atoms with E-state index in [-0.39, 0.29) is 6.04 Å². The third-order valence-electron chi connectivity index (χ3n) is 3.51. The lowest BCUT2D eigenvalue weighted by molar-refractivity contribution is 0.0599. The van der Waals surface area contributed by atoms with Gasteiger partial charge in [-0.15, -0.1) is 11.6 Å². The van der Waals surface area contributed by atoms with Crippen molar-refractivity contribution in [3.8, 4) is 0 Å². The Morgan fingerprint density at radius 3 is 2.63 bits per heavy atom. The number of likely N-dealkylation sites (tertiary alicyclic amines) is 1. The summed E-state index contributed by atoms with van der Waals surface area (Å²) < 4.78 is 27.3. The van der Waals surface area contributed by atoms with Gasteiger partial charge in [0.05, 0.1) is 0 Å². The van der Waals surface area contributed by atoms with E-state index in [4.69, 9.17) is 11.6 Å². The molecular weight excluding hydrogens is 272 g/mol. The van der Waals surface area contributed by atoms with Crippen molar-refractivity contribution in [1.29, 1.82) is 0 Å². The maximum atomic E-state index is 13.7. The first-order chi connectivity index (χ1) is 9.15. The van der Waals surface area contributed by atoms with Crippen molar-refractivity contribution >= 4 is 17.5 Å². The van der Waals surface area contributed by atoms with Crippen LogP contribution in [-0.4, -0.2) is 29.3 Å². The lowest BCUT2D eigenvalue weighted by atomic mass is 9.98. The van der Waals surface area contributed by atoms with Crippen LogP contribution < -0.4 is 0 Å². The normalized spacial score (nSPS) is 19.5. The molecule has 0 spiro atoms. The van der Waals surface area contributed by atoms with Crippen LogP contribution in [0.4, 0.5) is 8.78 Å². The van der Waals surface area contributed by atoms with Crippen molar-refractivity contribution in [3.05, 3.63) is 35.4 Å². The molecule has 0 radical (unpaired) electrons. The van der Waals surface area contributed by atoms with Gasteiger partial charge in [0.25, 0.3) is 5.91 Å². The van der Waals surface area contributed by atoms with Crippen molar-refractivity contribution < 1.29 is 13.6 Å². The SMILES string of the molecule is O=C(c1c(F)cccc1F)N1CCCCC1CCCl. The molecule has 19 heavy (non-hydrogen) atoms. The fourth-order valence-electron chi connectivity index (χ4n) is 2.54. The first-order valence-corrected chi connectivity index (χ1v) is 6.99. The van der Waals surface area contributed by atoms with Crippen LogP contribution in [0.15, 0.2) is 18.2 Å². The molecule has 1 heterocycles. The predicted molar refractivity (Wildman–Crippen MR) is 70.4 cm³/mol. The van der Waals surface area contributed by atoms with Gasteiger partial charge < -0.3 is 4.90 Å². The van der Waals surface area contributed by atoms with E-state index in [1.54, 1.807) is 4.90 Å². The fraction of sp³-hybridized carbons (Fsp3) is 0.500. The molecule has 2 nitrogen and oxygen atoms in total. The quantitative estimate of drug-likeness (QED) is 0.778. The number of benzene rings is 1. The monoisotopic (exact) mass is 287 g/mol. The molecule has 1 atom stereocenters. The maximum Gasteiger partial charge on any atom is 0.260 e. The van der Waals surface area contributed by atoms with Gasteiger partial charge in [-0.1, -0.05) is 6.07 Å². The molecule has 1 aliphatic heterocycles. The van der Waals surface area contributed by atoms with Crippen molar-refractivity contribution in [2.75, 3.05) is 12.4 Å². The molecule has 1 fully saturated rings. The first kappa shape index (κ1) is 14.3. The molecule has 0 aromatic heterocycles. The number of alkyl halides is 1. The molecule has 2 rings (SSSR count). The van der Waals surface area contributed by atoms with Crippen LogP contribution >= 0.6 is 11.6 Å². The highest BCUT2D eigenvalue weighted by molar-refractivity contribution is 6.17. The fourth-order valence-corrected chi connectivity index (χ4v) is 2.79. The Kier molecular flexibility index (Phi) is 4.75. The lowest BCUT2D eigenvalue weighted by Gasteiger charge is -2.35. The van der Waals surface area contributed by atoms with E-state index < -0.39 is 23.1 Å². The van der Waals surface area contributed by atoms with Gasteiger partial charge in [0.15, 0.2) is 0 Å². The van der Waals surface area contributed by atoms with Crippen molar-refractivity contribution in [2.24, 2.45) is 0 Å². The first-order valence-electron chi connectivity index (χ1n) is 6.46. The Labute approximate surface area is 116 Å². The summed E-state index contributed by atoms with van der Waals surface area (Å²) in [5.41, 5.74) is -0.455. The van der Waals surface area contributed by atoms with Crippen LogP contribution in [0.1, 0.15) is 36.0 Å². The number of piperidine rings is 1. The van der Waals surface area contributed by atoms with Gasteiger partial charge in [-0.3, -0.25) is 4.79 Å². The molecule has 1 aromatic rings. The molecule has 0 aliphatic carbocycles. The summed E-state index contributed by atoms with van der Waals surface area (Å²) in [5, 5.41) is 0. The van der Waals surface area contributed by atoms with Crippen LogP contribution in [-0.2, 0) is 0 Å². The number of nitrogens with zero attached hydrogens (tertiary/aromatic N) is 1. The number of carbonyl (C=O) groups excluding carboxylic acids is 1. The number of carbonyl (C=O) groups is 1. The highest BCUT2D eigenvalue weighted by Crippen LogP contribution is 2.24. The molecular formula is C14H16ClF2NO. The zero-order chi connectivity index (χ0) is 13.8. The number of halogens is 3. The summed E-state index contributed by atoms with van der Waals surface area (Å²) in [7, 11) is 0. The van der Waals surface area contributed by atoms with Crippen LogP contribution in [0.5, 0.6) is 0 Å². The molecule has 5 heteroatoms. The third kappa shape index (κ3) is 3.06. The Bertz CT molecular complexity index is 445. The second-order valence-corrected chi connectivity index (χ2v) is 5.10. The lowest BCUT2D eigenvalue weighted by Crippen LogP contribution is -2.44. The Morgan fingerprint density at radius 2 is 2.00 bits per heavy atom. The smallest absolute Gasteiger partial charge is 0.260 e. The second kappa shape index (κ2) is 6.33. The molecule has 1 aromatic carbocycles. The number of amides is 1. The summed E-state index contributed by atoms with van der Waals surface area (Å²) in [6.45, 7) is 0.536. The standard InChI is InChI=1S/C14H16ClF2NO/c15-8-7-10-4-1-2-9-18(10)14(19)13-11(16)5-3-6-12(13)17/h3,5-6,10H,1-2,4,7-9H2. The maximum absolute atomic E-state index is 13.7. The third-order valence-corrected chi connectivity index (χ3v) is 3.73. The van der Waals surface area contributed by atoms with E-state index in [0.29, 0.717) is 18.8 Å². The van der Waals surface area contributed by atoms with E-state index in [2.05, 4.69) is 0 Å². The topological polar surface area (TPSA) is 20.3 Å². The van der Waals surface area contributed by atoms with Crippen LogP contribution in [0.3, 0.4) is 0 Å². The minimum atomic E-state index is -0.805. The van der Waals surface area contributed by atoms with E-state index >= 15 is 0 Å². The summed E-state index contributed by atoms with van der Waals surface area (Å²) >= 11 is 5.73. The van der Waals surface area contributed by atoms with Gasteiger partial charge in [-0.25, -0.2) is 8.78 Å². The Hall–Kier alpha value is -1.16. The van der Waals surface area contributed by atoms with Gasteiger partial charge in [0, 0.05) is 18.5 Å². The second-order valence-electron chi connectivity index (χ2n) is 4.72. The summed E-state index contributed by atoms with van der Waals surface area (Å²) in [5.74, 6) is -1.74. The minimum absolute atomic E-state index is 0.0160. The molecule has 0 saturated carbocycles. The van der Waals surface area contributed by atoms with Crippen LogP contribution in [0.25, 0.3) is 0 Å². The van der Waals surface area contributed by atoms with Gasteiger partial charge >= 0.3 is 0 Å². The molecule has 1 saturated heterocycles. The van der Waals surface area contributed by atoms with E-state index in [9.17, 15) is 13.6 Å². The molecule has 1 unspecified atom stereocenters. The molecule has 0 N–H and O–H groups in total.